The molecule has 0 aromatic heterocycles. The van der Waals surface area contributed by atoms with Gasteiger partial charge in [-0.25, -0.2) is 0 Å². The molecule has 1 saturated carbocycles. The number of fused-ring (bicyclic) bond motifs is 1. The van der Waals surface area contributed by atoms with Gasteiger partial charge in [-0.2, -0.15) is 0 Å². The standard InChI is InChI=1S/C15H22N2/c1-2-4-12(5-3-1)10-17-15-8-13-6-7-16-11-14(13)9-15/h1-5,13-17H,6-11H2/t13?,14?,15-/m0/s1. The molecular weight excluding hydrogens is 208 g/mol. The number of piperidine rings is 1. The molecule has 2 nitrogen and oxygen atoms in total. The second-order valence-corrected chi connectivity index (χ2v) is 5.55. The van der Waals surface area contributed by atoms with Crippen molar-refractivity contribution in [2.75, 3.05) is 13.1 Å². The van der Waals surface area contributed by atoms with Crippen LogP contribution in [0.5, 0.6) is 0 Å². The van der Waals surface area contributed by atoms with Crippen molar-refractivity contribution < 1.29 is 0 Å². The van der Waals surface area contributed by atoms with Crippen molar-refractivity contribution in [3.05, 3.63) is 35.9 Å². The fourth-order valence-electron chi connectivity index (χ4n) is 3.42. The lowest BCUT2D eigenvalue weighted by atomic mass is 9.90. The first-order valence-corrected chi connectivity index (χ1v) is 6.90. The molecule has 0 spiro atoms. The second kappa shape index (κ2) is 5.19. The maximum Gasteiger partial charge on any atom is 0.0208 e. The van der Waals surface area contributed by atoms with Gasteiger partial charge < -0.3 is 10.6 Å². The van der Waals surface area contributed by atoms with Gasteiger partial charge in [0, 0.05) is 12.6 Å². The van der Waals surface area contributed by atoms with Gasteiger partial charge in [-0.15, -0.1) is 0 Å². The zero-order chi connectivity index (χ0) is 11.5. The first kappa shape index (κ1) is 11.2. The summed E-state index contributed by atoms with van der Waals surface area (Å²) in [6.07, 6.45) is 4.14. The molecule has 1 aromatic carbocycles. The van der Waals surface area contributed by atoms with Gasteiger partial charge in [-0.05, 0) is 49.8 Å². The largest absolute Gasteiger partial charge is 0.316 e. The van der Waals surface area contributed by atoms with Crippen LogP contribution >= 0.6 is 0 Å². The van der Waals surface area contributed by atoms with E-state index in [0.717, 1.165) is 24.4 Å². The lowest BCUT2D eigenvalue weighted by Crippen LogP contribution is -2.33. The smallest absolute Gasteiger partial charge is 0.0208 e. The van der Waals surface area contributed by atoms with Crippen LogP contribution in [0.3, 0.4) is 0 Å². The van der Waals surface area contributed by atoms with E-state index >= 15 is 0 Å². The summed E-state index contributed by atoms with van der Waals surface area (Å²) >= 11 is 0. The number of rotatable bonds is 3. The van der Waals surface area contributed by atoms with Crippen LogP contribution in [0.15, 0.2) is 30.3 Å². The summed E-state index contributed by atoms with van der Waals surface area (Å²) in [7, 11) is 0. The molecule has 0 radical (unpaired) electrons. The highest BCUT2D eigenvalue weighted by Gasteiger charge is 2.35. The summed E-state index contributed by atoms with van der Waals surface area (Å²) in [5, 5.41) is 7.25. The van der Waals surface area contributed by atoms with Crippen molar-refractivity contribution in [3.63, 3.8) is 0 Å². The SMILES string of the molecule is c1ccc(CN[C@H]2CC3CCNCC3C2)cc1. The molecule has 1 aliphatic carbocycles. The molecule has 3 rings (SSSR count). The lowest BCUT2D eigenvalue weighted by molar-refractivity contribution is 0.295. The third-order valence-electron chi connectivity index (χ3n) is 4.38. The quantitative estimate of drug-likeness (QED) is 0.831. The summed E-state index contributed by atoms with van der Waals surface area (Å²) in [5.74, 6) is 1.90. The molecule has 2 aliphatic rings. The molecule has 92 valence electrons. The van der Waals surface area contributed by atoms with Crippen LogP contribution in [0.25, 0.3) is 0 Å². The summed E-state index contributed by atoms with van der Waals surface area (Å²) in [6, 6.07) is 11.5. The Hall–Kier alpha value is -0.860. The molecular formula is C15H22N2. The summed E-state index contributed by atoms with van der Waals surface area (Å²) in [6.45, 7) is 3.50. The molecule has 2 N–H and O–H groups in total. The van der Waals surface area contributed by atoms with E-state index in [2.05, 4.69) is 41.0 Å². The molecule has 1 aromatic rings. The molecule has 2 heteroatoms. The Morgan fingerprint density at radius 3 is 2.76 bits per heavy atom. The van der Waals surface area contributed by atoms with Gasteiger partial charge in [0.05, 0.1) is 0 Å². The van der Waals surface area contributed by atoms with Crippen LogP contribution < -0.4 is 10.6 Å². The van der Waals surface area contributed by atoms with Gasteiger partial charge in [-0.1, -0.05) is 30.3 Å². The first-order chi connectivity index (χ1) is 8.42. The third kappa shape index (κ3) is 2.70. The van der Waals surface area contributed by atoms with E-state index in [1.165, 1.54) is 37.9 Å². The molecule has 1 saturated heterocycles. The minimum absolute atomic E-state index is 0.741. The van der Waals surface area contributed by atoms with E-state index < -0.39 is 0 Å². The van der Waals surface area contributed by atoms with Gasteiger partial charge in [0.15, 0.2) is 0 Å². The lowest BCUT2D eigenvalue weighted by Gasteiger charge is -2.25. The van der Waals surface area contributed by atoms with Gasteiger partial charge in [0.1, 0.15) is 0 Å². The van der Waals surface area contributed by atoms with Crippen molar-refractivity contribution in [2.24, 2.45) is 11.8 Å². The maximum absolute atomic E-state index is 3.73. The highest BCUT2D eigenvalue weighted by molar-refractivity contribution is 5.14. The molecule has 0 amide bonds. The fourth-order valence-corrected chi connectivity index (χ4v) is 3.42. The predicted octanol–water partition coefficient (Wildman–Crippen LogP) is 2.16. The highest BCUT2D eigenvalue weighted by atomic mass is 14.9. The summed E-state index contributed by atoms with van der Waals surface area (Å²) in [4.78, 5) is 0. The monoisotopic (exact) mass is 230 g/mol. The zero-order valence-electron chi connectivity index (χ0n) is 10.4. The third-order valence-corrected chi connectivity index (χ3v) is 4.38. The molecule has 1 aliphatic heterocycles. The zero-order valence-corrected chi connectivity index (χ0v) is 10.4. The predicted molar refractivity (Wildman–Crippen MR) is 70.8 cm³/mol. The maximum atomic E-state index is 3.73. The molecule has 2 fully saturated rings. The van der Waals surface area contributed by atoms with E-state index in [4.69, 9.17) is 0 Å². The van der Waals surface area contributed by atoms with Crippen LogP contribution in [-0.4, -0.2) is 19.1 Å². The Labute approximate surface area is 104 Å². The fraction of sp³-hybridized carbons (Fsp3) is 0.600. The van der Waals surface area contributed by atoms with Gasteiger partial charge in [0.2, 0.25) is 0 Å². The van der Waals surface area contributed by atoms with Gasteiger partial charge >= 0.3 is 0 Å². The van der Waals surface area contributed by atoms with Crippen LogP contribution in [0.1, 0.15) is 24.8 Å². The van der Waals surface area contributed by atoms with Crippen molar-refractivity contribution >= 4 is 0 Å². The van der Waals surface area contributed by atoms with E-state index in [1.54, 1.807) is 0 Å². The normalized spacial score (nSPS) is 32.4. The first-order valence-electron chi connectivity index (χ1n) is 6.90. The minimum Gasteiger partial charge on any atom is -0.316 e. The van der Waals surface area contributed by atoms with E-state index in [1.807, 2.05) is 0 Å². The molecule has 3 atom stereocenters. The van der Waals surface area contributed by atoms with Crippen molar-refractivity contribution in [3.8, 4) is 0 Å². The molecule has 2 unspecified atom stereocenters. The van der Waals surface area contributed by atoms with Gasteiger partial charge in [-0.3, -0.25) is 0 Å². The average Bonchev–Trinajstić information content (AvgIpc) is 2.80. The van der Waals surface area contributed by atoms with Crippen LogP contribution in [0, 0.1) is 11.8 Å². The van der Waals surface area contributed by atoms with E-state index in [9.17, 15) is 0 Å². The summed E-state index contributed by atoms with van der Waals surface area (Å²) < 4.78 is 0. The Balaban J connectivity index is 1.50. The van der Waals surface area contributed by atoms with Crippen LogP contribution in [0.4, 0.5) is 0 Å². The average molecular weight is 230 g/mol. The Morgan fingerprint density at radius 2 is 1.94 bits per heavy atom. The van der Waals surface area contributed by atoms with Crippen molar-refractivity contribution in [1.82, 2.24) is 10.6 Å². The second-order valence-electron chi connectivity index (χ2n) is 5.55. The molecule has 1 heterocycles. The summed E-state index contributed by atoms with van der Waals surface area (Å²) in [5.41, 5.74) is 1.40. The Kier molecular flexibility index (Phi) is 3.44. The minimum atomic E-state index is 0.741. The molecule has 0 bridgehead atoms. The Bertz CT molecular complexity index is 335. The van der Waals surface area contributed by atoms with Crippen molar-refractivity contribution in [2.45, 2.75) is 31.8 Å². The highest BCUT2D eigenvalue weighted by Crippen LogP contribution is 2.35. The molecule has 17 heavy (non-hydrogen) atoms. The topological polar surface area (TPSA) is 24.1 Å². The number of nitrogens with one attached hydrogen (secondary N) is 2. The van der Waals surface area contributed by atoms with Crippen LogP contribution in [-0.2, 0) is 6.54 Å². The number of benzene rings is 1. The van der Waals surface area contributed by atoms with E-state index in [-0.39, 0.29) is 0 Å². The van der Waals surface area contributed by atoms with Gasteiger partial charge in [0.25, 0.3) is 0 Å². The Morgan fingerprint density at radius 1 is 1.12 bits per heavy atom. The number of hydrogen-bond acceptors (Lipinski definition) is 2. The van der Waals surface area contributed by atoms with Crippen molar-refractivity contribution in [1.29, 1.82) is 0 Å². The van der Waals surface area contributed by atoms with E-state index in [0.29, 0.717) is 0 Å². The van der Waals surface area contributed by atoms with Crippen LogP contribution in [0.2, 0.25) is 0 Å². The number of hydrogen-bond donors (Lipinski definition) is 2.